The van der Waals surface area contributed by atoms with Crippen LogP contribution in [0.25, 0.3) is 134 Å². The van der Waals surface area contributed by atoms with Gasteiger partial charge in [-0.15, -0.1) is 0 Å². The number of fused-ring (bicyclic) bond motifs is 6. The van der Waals surface area contributed by atoms with Gasteiger partial charge >= 0.3 is 0 Å². The lowest BCUT2D eigenvalue weighted by molar-refractivity contribution is 0.522. The summed E-state index contributed by atoms with van der Waals surface area (Å²) in [6.07, 6.45) is 7.89. The van der Waals surface area contributed by atoms with Crippen LogP contribution in [-0.4, -0.2) is 29.1 Å². The fourth-order valence-corrected chi connectivity index (χ4v) is 13.1. The largest absolute Gasteiger partial charge is 0.279 e. The van der Waals surface area contributed by atoms with E-state index < -0.39 is 0 Å². The van der Waals surface area contributed by atoms with Crippen molar-refractivity contribution in [2.75, 3.05) is 0 Å². The van der Waals surface area contributed by atoms with Crippen molar-refractivity contribution in [1.82, 2.24) is 29.1 Å². The minimum Gasteiger partial charge on any atom is -0.279 e. The summed E-state index contributed by atoms with van der Waals surface area (Å²) in [7, 11) is 0. The minimum atomic E-state index is -0.261. The average Bonchev–Trinajstić information content (AvgIpc) is 4.12. The third-order valence-electron chi connectivity index (χ3n) is 17.5. The third kappa shape index (κ3) is 9.31. The molecule has 0 N–H and O–H groups in total. The van der Waals surface area contributed by atoms with Crippen LogP contribution < -0.4 is 0 Å². The standard InChI is InChI=1S/C79H62N6/c1-78(2,3)77-83-73-48-55(33-38-69(73)76-82-74-49-56-39-40-79(4,5)71(56)50-75(74)85(76)77)63-21-10-12-23-65(63)59-44-58(64-22-11-9-20-62(64)53-31-35-61(36-32-53)84-43-17-42-81-84)45-60(46-59)66-24-13-14-25-67(66)68-37-34-57(72-26-15-16-41-80-72)47-70(68)54-29-27-52(28-30-54)51-18-7-6-8-19-51/h6-38,41-50H,39-40H2,1-5H3. The van der Waals surface area contributed by atoms with Crippen LogP contribution >= 0.6 is 0 Å². The van der Waals surface area contributed by atoms with E-state index in [-0.39, 0.29) is 10.8 Å². The van der Waals surface area contributed by atoms with Crippen molar-refractivity contribution in [2.45, 2.75) is 58.3 Å². The van der Waals surface area contributed by atoms with Crippen LogP contribution in [0.5, 0.6) is 0 Å². The van der Waals surface area contributed by atoms with Gasteiger partial charge in [0.25, 0.3) is 0 Å². The van der Waals surface area contributed by atoms with Crippen molar-refractivity contribution in [2.24, 2.45) is 0 Å². The van der Waals surface area contributed by atoms with Crippen LogP contribution in [0.2, 0.25) is 0 Å². The molecule has 4 heterocycles. The molecule has 1 aliphatic carbocycles. The molecule has 0 saturated heterocycles. The normalized spacial score (nSPS) is 13.0. The Hall–Kier alpha value is -10.3. The van der Waals surface area contributed by atoms with Gasteiger partial charge in [-0.3, -0.25) is 9.38 Å². The summed E-state index contributed by atoms with van der Waals surface area (Å²) in [6, 6.07) is 88.5. The molecule has 0 atom stereocenters. The number of aryl methyl sites for hydroxylation is 1. The SMILES string of the molecule is CC(C)(C)c1nc2cc(-c3ccccc3-c3cc(-c4ccccc4-c4ccc(-n5cccn5)cc4)cc(-c4ccccc4-c4ccc(-c5ccccn5)cc4-c4ccc(-c5ccccc5)cc4)c3)ccc2c2nc3cc4c(cc3n12)C(C)(C)CC4. The van der Waals surface area contributed by atoms with E-state index in [1.165, 1.54) is 22.3 Å². The summed E-state index contributed by atoms with van der Waals surface area (Å²) in [5, 5.41) is 5.55. The second-order valence-corrected chi connectivity index (χ2v) is 24.4. The van der Waals surface area contributed by atoms with Gasteiger partial charge in [-0.05, 0) is 197 Å². The van der Waals surface area contributed by atoms with E-state index in [1.54, 1.807) is 0 Å². The predicted molar refractivity (Wildman–Crippen MR) is 352 cm³/mol. The zero-order valence-electron chi connectivity index (χ0n) is 48.4. The molecular weight excluding hydrogens is 1030 g/mol. The molecule has 15 rings (SSSR count). The van der Waals surface area contributed by atoms with E-state index in [4.69, 9.17) is 15.0 Å². The van der Waals surface area contributed by atoms with Gasteiger partial charge in [-0.2, -0.15) is 5.10 Å². The van der Waals surface area contributed by atoms with Crippen LogP contribution in [0.4, 0.5) is 0 Å². The molecule has 0 saturated carbocycles. The lowest BCUT2D eigenvalue weighted by atomic mass is 9.84. The van der Waals surface area contributed by atoms with Gasteiger partial charge in [0.05, 0.1) is 27.9 Å². The van der Waals surface area contributed by atoms with Crippen molar-refractivity contribution in [3.8, 4) is 106 Å². The number of rotatable bonds is 10. The Bertz CT molecular complexity index is 4850. The highest BCUT2D eigenvalue weighted by molar-refractivity contribution is 6.01. The second-order valence-electron chi connectivity index (χ2n) is 24.4. The zero-order valence-corrected chi connectivity index (χ0v) is 48.4. The number of nitrogens with zero attached hydrogens (tertiary/aromatic N) is 6. The van der Waals surface area contributed by atoms with E-state index in [0.717, 1.165) is 141 Å². The fraction of sp³-hybridized carbons (Fsp3) is 0.114. The van der Waals surface area contributed by atoms with Gasteiger partial charge in [-0.25, -0.2) is 14.6 Å². The molecule has 6 heteroatoms. The third-order valence-corrected chi connectivity index (χ3v) is 17.5. The first-order chi connectivity index (χ1) is 41.5. The van der Waals surface area contributed by atoms with Crippen molar-refractivity contribution >= 4 is 27.6 Å². The highest BCUT2D eigenvalue weighted by Gasteiger charge is 2.32. The maximum Gasteiger partial charge on any atom is 0.148 e. The number of imidazole rings is 1. The van der Waals surface area contributed by atoms with Crippen molar-refractivity contribution in [3.05, 3.63) is 278 Å². The Labute approximate surface area is 496 Å². The molecule has 0 amide bonds. The predicted octanol–water partition coefficient (Wildman–Crippen LogP) is 20.1. The van der Waals surface area contributed by atoms with Gasteiger partial charge in [0.2, 0.25) is 0 Å². The van der Waals surface area contributed by atoms with Gasteiger partial charge in [0, 0.05) is 35.0 Å². The molecule has 4 aromatic heterocycles. The molecule has 85 heavy (non-hydrogen) atoms. The Morgan fingerprint density at radius 3 is 1.61 bits per heavy atom. The molecule has 10 aromatic carbocycles. The lowest BCUT2D eigenvalue weighted by Gasteiger charge is -2.22. The first-order valence-corrected chi connectivity index (χ1v) is 29.5. The molecular formula is C79H62N6. The topological polar surface area (TPSA) is 60.9 Å². The average molecular weight is 1100 g/mol. The molecule has 408 valence electrons. The minimum absolute atomic E-state index is 0.121. The molecule has 6 nitrogen and oxygen atoms in total. The Balaban J connectivity index is 0.915. The molecule has 1 aliphatic rings. The molecule has 0 fully saturated rings. The fourth-order valence-electron chi connectivity index (χ4n) is 13.1. The summed E-state index contributed by atoms with van der Waals surface area (Å²) >= 11 is 0. The second kappa shape index (κ2) is 20.5. The summed E-state index contributed by atoms with van der Waals surface area (Å²) in [5.74, 6) is 1.00. The van der Waals surface area contributed by atoms with Crippen LogP contribution in [0.3, 0.4) is 0 Å². The van der Waals surface area contributed by atoms with Crippen LogP contribution in [0.15, 0.2) is 261 Å². The van der Waals surface area contributed by atoms with E-state index in [1.807, 2.05) is 35.4 Å². The number of hydrogen-bond acceptors (Lipinski definition) is 4. The Morgan fingerprint density at radius 1 is 0.412 bits per heavy atom. The number of benzene rings is 10. The summed E-state index contributed by atoms with van der Waals surface area (Å²) < 4.78 is 4.24. The molecule has 0 unspecified atom stereocenters. The molecule has 14 aromatic rings. The molecule has 0 spiro atoms. The van der Waals surface area contributed by atoms with E-state index in [2.05, 4.69) is 275 Å². The molecule has 0 aliphatic heterocycles. The summed E-state index contributed by atoms with van der Waals surface area (Å²) in [4.78, 5) is 15.8. The summed E-state index contributed by atoms with van der Waals surface area (Å²) in [5.41, 5.74) is 27.9. The van der Waals surface area contributed by atoms with Crippen molar-refractivity contribution in [1.29, 1.82) is 0 Å². The van der Waals surface area contributed by atoms with Crippen molar-refractivity contribution in [3.63, 3.8) is 0 Å². The van der Waals surface area contributed by atoms with E-state index in [9.17, 15) is 0 Å². The monoisotopic (exact) mass is 1090 g/mol. The summed E-state index contributed by atoms with van der Waals surface area (Å²) in [6.45, 7) is 11.5. The molecule has 0 radical (unpaired) electrons. The first-order valence-electron chi connectivity index (χ1n) is 29.5. The number of aromatic nitrogens is 6. The zero-order chi connectivity index (χ0) is 57.4. The molecule has 0 bridgehead atoms. The quantitative estimate of drug-likeness (QED) is 0.137. The van der Waals surface area contributed by atoms with Gasteiger partial charge in [0.15, 0.2) is 0 Å². The first kappa shape index (κ1) is 51.6. The number of hydrogen-bond donors (Lipinski definition) is 0. The smallest absolute Gasteiger partial charge is 0.148 e. The maximum atomic E-state index is 5.60. The van der Waals surface area contributed by atoms with Crippen LogP contribution in [-0.2, 0) is 17.3 Å². The van der Waals surface area contributed by atoms with Crippen LogP contribution in [0.1, 0.15) is 58.0 Å². The highest BCUT2D eigenvalue weighted by Crippen LogP contribution is 2.46. The van der Waals surface area contributed by atoms with Gasteiger partial charge < -0.3 is 0 Å². The van der Waals surface area contributed by atoms with Gasteiger partial charge in [-0.1, -0.05) is 198 Å². The Morgan fingerprint density at radius 2 is 0.965 bits per heavy atom. The van der Waals surface area contributed by atoms with E-state index >= 15 is 0 Å². The van der Waals surface area contributed by atoms with E-state index in [0.29, 0.717) is 0 Å². The Kier molecular flexibility index (Phi) is 12.5. The maximum absolute atomic E-state index is 5.60. The highest BCUT2D eigenvalue weighted by atomic mass is 15.3. The van der Waals surface area contributed by atoms with Crippen LogP contribution in [0, 0.1) is 0 Å². The lowest BCUT2D eigenvalue weighted by Crippen LogP contribution is -2.19. The van der Waals surface area contributed by atoms with Crippen molar-refractivity contribution < 1.29 is 0 Å². The number of pyridine rings is 1. The van der Waals surface area contributed by atoms with Gasteiger partial charge in [0.1, 0.15) is 11.5 Å².